The van der Waals surface area contributed by atoms with Gasteiger partial charge in [-0.15, -0.1) is 0 Å². The van der Waals surface area contributed by atoms with E-state index in [1.807, 2.05) is 29.2 Å². The summed E-state index contributed by atoms with van der Waals surface area (Å²) in [6, 6.07) is 9.96. The average Bonchev–Trinajstić information content (AvgIpc) is 2.99. The van der Waals surface area contributed by atoms with Crippen molar-refractivity contribution in [3.63, 3.8) is 0 Å². The zero-order valence-electron chi connectivity index (χ0n) is 13.5. The molecule has 2 amide bonds. The molecule has 3 unspecified atom stereocenters. The van der Waals surface area contributed by atoms with Gasteiger partial charge in [-0.25, -0.2) is 4.79 Å². The standard InChI is InChI=1S/C18H23N3O2/c1-19-12-6-7-13(19)9-14(8-12)20-10-15-11-23-17-5-3-2-4-16(17)21(15)18(20)22/h2-5,12-15H,6-11H2,1H3. The number of fused-ring (bicyclic) bond motifs is 5. The Morgan fingerprint density at radius 3 is 2.57 bits per heavy atom. The zero-order valence-corrected chi connectivity index (χ0v) is 13.5. The Morgan fingerprint density at radius 1 is 1.04 bits per heavy atom. The van der Waals surface area contributed by atoms with Crippen LogP contribution in [0.25, 0.3) is 0 Å². The smallest absolute Gasteiger partial charge is 0.325 e. The molecule has 0 radical (unpaired) electrons. The molecule has 1 aromatic rings. The van der Waals surface area contributed by atoms with E-state index in [9.17, 15) is 4.79 Å². The van der Waals surface area contributed by atoms with Crippen LogP contribution in [0.2, 0.25) is 0 Å². The largest absolute Gasteiger partial charge is 0.489 e. The number of para-hydroxylation sites is 2. The van der Waals surface area contributed by atoms with Gasteiger partial charge in [0.25, 0.3) is 0 Å². The van der Waals surface area contributed by atoms with E-state index in [-0.39, 0.29) is 12.1 Å². The molecule has 0 aliphatic carbocycles. The van der Waals surface area contributed by atoms with Gasteiger partial charge in [0, 0.05) is 24.7 Å². The molecule has 0 aromatic heterocycles. The van der Waals surface area contributed by atoms with Crippen LogP contribution in [-0.2, 0) is 0 Å². The van der Waals surface area contributed by atoms with E-state index in [0.29, 0.717) is 24.7 Å². The van der Waals surface area contributed by atoms with Gasteiger partial charge in [0.1, 0.15) is 12.4 Å². The van der Waals surface area contributed by atoms with E-state index in [1.165, 1.54) is 12.8 Å². The number of rotatable bonds is 1. The Kier molecular flexibility index (Phi) is 2.89. The molecule has 122 valence electrons. The lowest BCUT2D eigenvalue weighted by molar-refractivity contribution is 0.0994. The molecule has 4 aliphatic rings. The molecule has 0 spiro atoms. The molecule has 4 aliphatic heterocycles. The van der Waals surface area contributed by atoms with Gasteiger partial charge in [0.05, 0.1) is 11.7 Å². The van der Waals surface area contributed by atoms with E-state index in [2.05, 4.69) is 16.8 Å². The first-order valence-electron chi connectivity index (χ1n) is 8.76. The summed E-state index contributed by atoms with van der Waals surface area (Å²) in [5, 5.41) is 0. The molecule has 0 N–H and O–H groups in total. The van der Waals surface area contributed by atoms with Crippen LogP contribution in [0.1, 0.15) is 25.7 Å². The molecule has 0 saturated carbocycles. The maximum Gasteiger partial charge on any atom is 0.325 e. The lowest BCUT2D eigenvalue weighted by Crippen LogP contribution is -2.50. The van der Waals surface area contributed by atoms with Crippen molar-refractivity contribution in [2.45, 2.75) is 49.9 Å². The minimum absolute atomic E-state index is 0.162. The molecule has 1 aromatic carbocycles. The van der Waals surface area contributed by atoms with Crippen molar-refractivity contribution in [2.75, 3.05) is 25.1 Å². The predicted octanol–water partition coefficient (Wildman–Crippen LogP) is 2.31. The van der Waals surface area contributed by atoms with Gasteiger partial charge in [0.2, 0.25) is 0 Å². The minimum Gasteiger partial charge on any atom is -0.489 e. The number of carbonyl (C=O) groups is 1. The van der Waals surface area contributed by atoms with Crippen molar-refractivity contribution in [3.8, 4) is 5.75 Å². The second kappa shape index (κ2) is 4.87. The second-order valence-electron chi connectivity index (χ2n) is 7.41. The number of piperidine rings is 1. The third kappa shape index (κ3) is 1.92. The lowest BCUT2D eigenvalue weighted by atomic mass is 9.97. The van der Waals surface area contributed by atoms with Crippen molar-refractivity contribution in [2.24, 2.45) is 0 Å². The van der Waals surface area contributed by atoms with Gasteiger partial charge in [-0.1, -0.05) is 12.1 Å². The van der Waals surface area contributed by atoms with Gasteiger partial charge >= 0.3 is 6.03 Å². The maximum atomic E-state index is 13.1. The number of hydrogen-bond donors (Lipinski definition) is 0. The van der Waals surface area contributed by atoms with Crippen molar-refractivity contribution in [3.05, 3.63) is 24.3 Å². The lowest BCUT2D eigenvalue weighted by Gasteiger charge is -2.40. The quantitative estimate of drug-likeness (QED) is 0.798. The summed E-state index contributed by atoms with van der Waals surface area (Å²) in [7, 11) is 2.25. The number of urea groups is 1. The van der Waals surface area contributed by atoms with Crippen LogP contribution in [0.4, 0.5) is 10.5 Å². The van der Waals surface area contributed by atoms with E-state index in [4.69, 9.17) is 4.74 Å². The summed E-state index contributed by atoms with van der Waals surface area (Å²) in [5.74, 6) is 0.836. The van der Waals surface area contributed by atoms with Crippen LogP contribution in [0, 0.1) is 0 Å². The van der Waals surface area contributed by atoms with Crippen molar-refractivity contribution in [1.82, 2.24) is 9.80 Å². The third-order valence-electron chi connectivity index (χ3n) is 6.29. The Morgan fingerprint density at radius 2 is 1.78 bits per heavy atom. The summed E-state index contributed by atoms with van der Waals surface area (Å²) < 4.78 is 5.86. The van der Waals surface area contributed by atoms with Gasteiger partial charge in [-0.05, 0) is 44.9 Å². The Balaban J connectivity index is 1.42. The maximum absolute atomic E-state index is 13.1. The monoisotopic (exact) mass is 313 g/mol. The van der Waals surface area contributed by atoms with Crippen LogP contribution >= 0.6 is 0 Å². The van der Waals surface area contributed by atoms with Crippen LogP contribution in [0.3, 0.4) is 0 Å². The molecule has 5 heteroatoms. The van der Waals surface area contributed by atoms with Gasteiger partial charge in [-0.3, -0.25) is 4.90 Å². The molecule has 23 heavy (non-hydrogen) atoms. The minimum atomic E-state index is 0.162. The molecule has 3 atom stereocenters. The van der Waals surface area contributed by atoms with Crippen molar-refractivity contribution >= 4 is 11.7 Å². The number of benzene rings is 1. The Bertz CT molecular complexity index is 635. The zero-order chi connectivity index (χ0) is 15.6. The summed E-state index contributed by atoms with van der Waals surface area (Å²) in [6.45, 7) is 1.42. The number of nitrogens with zero attached hydrogens (tertiary/aromatic N) is 3. The number of hydrogen-bond acceptors (Lipinski definition) is 3. The highest BCUT2D eigenvalue weighted by atomic mass is 16.5. The highest BCUT2D eigenvalue weighted by Crippen LogP contribution is 2.41. The predicted molar refractivity (Wildman–Crippen MR) is 87.9 cm³/mol. The molecule has 5 nitrogen and oxygen atoms in total. The fourth-order valence-electron chi connectivity index (χ4n) is 5.02. The Labute approximate surface area is 136 Å². The summed E-state index contributed by atoms with van der Waals surface area (Å²) >= 11 is 0. The summed E-state index contributed by atoms with van der Waals surface area (Å²) in [4.78, 5) is 19.7. The normalized spacial score (nSPS) is 36.0. The van der Waals surface area contributed by atoms with Crippen molar-refractivity contribution < 1.29 is 9.53 Å². The van der Waals surface area contributed by atoms with E-state index >= 15 is 0 Å². The molecular weight excluding hydrogens is 290 g/mol. The fraction of sp³-hybridized carbons (Fsp3) is 0.611. The first-order valence-corrected chi connectivity index (χ1v) is 8.76. The average molecular weight is 313 g/mol. The van der Waals surface area contributed by atoms with Crippen molar-refractivity contribution in [1.29, 1.82) is 0 Å². The first-order chi connectivity index (χ1) is 11.2. The molecule has 3 saturated heterocycles. The van der Waals surface area contributed by atoms with Gasteiger partial charge < -0.3 is 14.5 Å². The summed E-state index contributed by atoms with van der Waals surface area (Å²) in [5.41, 5.74) is 0.937. The second-order valence-corrected chi connectivity index (χ2v) is 7.41. The van der Waals surface area contributed by atoms with Crippen LogP contribution < -0.4 is 9.64 Å². The van der Waals surface area contributed by atoms with Crippen LogP contribution in [0.15, 0.2) is 24.3 Å². The number of amides is 2. The molecule has 4 heterocycles. The molecule has 3 fully saturated rings. The molecule has 5 rings (SSSR count). The van der Waals surface area contributed by atoms with E-state index < -0.39 is 0 Å². The number of carbonyl (C=O) groups excluding carboxylic acids is 1. The van der Waals surface area contributed by atoms with Crippen LogP contribution in [-0.4, -0.2) is 60.2 Å². The fourth-order valence-corrected chi connectivity index (χ4v) is 5.02. The van der Waals surface area contributed by atoms with E-state index in [1.54, 1.807) is 0 Å². The SMILES string of the molecule is CN1C2CCC1CC(N1CC3COc4ccccc4N3C1=O)C2. The highest BCUT2D eigenvalue weighted by Gasteiger charge is 2.48. The molecule has 2 bridgehead atoms. The number of anilines is 1. The first kappa shape index (κ1) is 13.7. The summed E-state index contributed by atoms with van der Waals surface area (Å²) in [6.07, 6.45) is 4.83. The van der Waals surface area contributed by atoms with Gasteiger partial charge in [-0.2, -0.15) is 0 Å². The number of ether oxygens (including phenoxy) is 1. The van der Waals surface area contributed by atoms with E-state index in [0.717, 1.165) is 30.8 Å². The third-order valence-corrected chi connectivity index (χ3v) is 6.29. The topological polar surface area (TPSA) is 36.0 Å². The molecular formula is C18H23N3O2. The highest BCUT2D eigenvalue weighted by molar-refractivity contribution is 5.97. The van der Waals surface area contributed by atoms with Gasteiger partial charge in [0.15, 0.2) is 0 Å². The Hall–Kier alpha value is -1.75. The van der Waals surface area contributed by atoms with Crippen LogP contribution in [0.5, 0.6) is 5.75 Å².